The van der Waals surface area contributed by atoms with E-state index in [-0.39, 0.29) is 0 Å². The Balaban J connectivity index is 1.88. The van der Waals surface area contributed by atoms with E-state index in [9.17, 15) is 0 Å². The van der Waals surface area contributed by atoms with Gasteiger partial charge in [-0.05, 0) is 55.5 Å². The Bertz CT molecular complexity index is 559. The van der Waals surface area contributed by atoms with Crippen molar-refractivity contribution in [2.45, 2.75) is 33.8 Å². The second-order valence-corrected chi connectivity index (χ2v) is 5.25. The average Bonchev–Trinajstić information content (AvgIpc) is 2.42. The van der Waals surface area contributed by atoms with Crippen LogP contribution in [0.2, 0.25) is 0 Å². The van der Waals surface area contributed by atoms with E-state index in [4.69, 9.17) is 4.74 Å². The minimum Gasteiger partial charge on any atom is -0.497 e. The highest BCUT2D eigenvalue weighted by atomic mass is 16.5. The largest absolute Gasteiger partial charge is 0.497 e. The molecule has 0 aliphatic heterocycles. The highest BCUT2D eigenvalue weighted by Gasteiger charge is 2.01. The van der Waals surface area contributed by atoms with E-state index < -0.39 is 0 Å². The summed E-state index contributed by atoms with van der Waals surface area (Å²) in [6.45, 7) is 7.12. The SMILES string of the molecule is Cc1cc(C)c(C/C=C/OCc2ccccc2)c(C)c1. The van der Waals surface area contributed by atoms with Crippen LogP contribution in [-0.2, 0) is 17.8 Å². The Morgan fingerprint density at radius 2 is 1.60 bits per heavy atom. The summed E-state index contributed by atoms with van der Waals surface area (Å²) >= 11 is 0. The van der Waals surface area contributed by atoms with Crippen LogP contribution in [0.15, 0.2) is 54.8 Å². The Labute approximate surface area is 121 Å². The molecular formula is C19H22O. The normalized spacial score (nSPS) is 10.9. The fourth-order valence-corrected chi connectivity index (χ4v) is 2.48. The molecule has 0 N–H and O–H groups in total. The molecule has 0 unspecified atom stereocenters. The summed E-state index contributed by atoms with van der Waals surface area (Å²) in [5.74, 6) is 0. The van der Waals surface area contributed by atoms with Crippen molar-refractivity contribution in [3.05, 3.63) is 82.6 Å². The summed E-state index contributed by atoms with van der Waals surface area (Å²) < 4.78 is 5.56. The third kappa shape index (κ3) is 3.99. The van der Waals surface area contributed by atoms with Crippen molar-refractivity contribution in [1.82, 2.24) is 0 Å². The molecule has 0 saturated heterocycles. The molecule has 0 heterocycles. The predicted molar refractivity (Wildman–Crippen MR) is 84.7 cm³/mol. The van der Waals surface area contributed by atoms with Gasteiger partial charge in [-0.1, -0.05) is 48.0 Å². The summed E-state index contributed by atoms with van der Waals surface area (Å²) in [5.41, 5.74) is 6.63. The summed E-state index contributed by atoms with van der Waals surface area (Å²) in [6, 6.07) is 14.7. The number of hydrogen-bond donors (Lipinski definition) is 0. The van der Waals surface area contributed by atoms with Gasteiger partial charge in [0.15, 0.2) is 0 Å². The van der Waals surface area contributed by atoms with Gasteiger partial charge in [0.1, 0.15) is 6.61 Å². The quantitative estimate of drug-likeness (QED) is 0.700. The van der Waals surface area contributed by atoms with Crippen LogP contribution in [-0.4, -0.2) is 0 Å². The molecule has 0 bridgehead atoms. The minimum atomic E-state index is 0.628. The molecule has 0 radical (unpaired) electrons. The summed E-state index contributed by atoms with van der Waals surface area (Å²) in [4.78, 5) is 0. The van der Waals surface area contributed by atoms with Crippen LogP contribution in [0.3, 0.4) is 0 Å². The van der Waals surface area contributed by atoms with E-state index in [0.29, 0.717) is 6.61 Å². The third-order valence-corrected chi connectivity index (χ3v) is 3.45. The van der Waals surface area contributed by atoms with Gasteiger partial charge in [-0.2, -0.15) is 0 Å². The number of hydrogen-bond acceptors (Lipinski definition) is 1. The highest BCUT2D eigenvalue weighted by Crippen LogP contribution is 2.17. The van der Waals surface area contributed by atoms with Crippen LogP contribution in [0.1, 0.15) is 27.8 Å². The third-order valence-electron chi connectivity index (χ3n) is 3.45. The van der Waals surface area contributed by atoms with E-state index in [2.05, 4.69) is 51.1 Å². The van der Waals surface area contributed by atoms with Gasteiger partial charge in [-0.3, -0.25) is 0 Å². The molecule has 0 atom stereocenters. The second kappa shape index (κ2) is 6.95. The lowest BCUT2D eigenvalue weighted by molar-refractivity contribution is 0.235. The Kier molecular flexibility index (Phi) is 5.00. The summed E-state index contributed by atoms with van der Waals surface area (Å²) in [6.07, 6.45) is 4.83. The minimum absolute atomic E-state index is 0.628. The molecule has 20 heavy (non-hydrogen) atoms. The van der Waals surface area contributed by atoms with Crippen molar-refractivity contribution < 1.29 is 4.74 Å². The zero-order valence-corrected chi connectivity index (χ0v) is 12.5. The van der Waals surface area contributed by atoms with Crippen molar-refractivity contribution in [1.29, 1.82) is 0 Å². The summed E-state index contributed by atoms with van der Waals surface area (Å²) in [7, 11) is 0. The molecule has 1 heteroatoms. The van der Waals surface area contributed by atoms with Crippen molar-refractivity contribution in [2.75, 3.05) is 0 Å². The van der Waals surface area contributed by atoms with Crippen molar-refractivity contribution in [3.63, 3.8) is 0 Å². The predicted octanol–water partition coefficient (Wildman–Crippen LogP) is 4.88. The molecule has 0 fully saturated rings. The average molecular weight is 266 g/mol. The maximum atomic E-state index is 5.56. The van der Waals surface area contributed by atoms with Crippen molar-refractivity contribution >= 4 is 0 Å². The van der Waals surface area contributed by atoms with Crippen LogP contribution in [0, 0.1) is 20.8 Å². The van der Waals surface area contributed by atoms with Gasteiger partial charge in [-0.25, -0.2) is 0 Å². The maximum absolute atomic E-state index is 5.56. The number of benzene rings is 2. The molecule has 0 aromatic heterocycles. The van der Waals surface area contributed by atoms with Gasteiger partial charge in [0.05, 0.1) is 6.26 Å². The van der Waals surface area contributed by atoms with Gasteiger partial charge in [0, 0.05) is 0 Å². The topological polar surface area (TPSA) is 9.23 Å². The first-order valence-electron chi connectivity index (χ1n) is 7.04. The van der Waals surface area contributed by atoms with Crippen molar-refractivity contribution in [3.8, 4) is 0 Å². The summed E-state index contributed by atoms with van der Waals surface area (Å²) in [5, 5.41) is 0. The Hall–Kier alpha value is -2.02. The van der Waals surface area contributed by atoms with E-state index >= 15 is 0 Å². The lowest BCUT2D eigenvalue weighted by atomic mass is 9.97. The van der Waals surface area contributed by atoms with Gasteiger partial charge in [0.2, 0.25) is 0 Å². The monoisotopic (exact) mass is 266 g/mol. The number of allylic oxidation sites excluding steroid dienone is 1. The lowest BCUT2D eigenvalue weighted by Crippen LogP contribution is -1.93. The standard InChI is InChI=1S/C19H22O/c1-15-12-16(2)19(17(3)13-15)10-7-11-20-14-18-8-5-4-6-9-18/h4-9,11-13H,10,14H2,1-3H3/b11-7+. The van der Waals surface area contributed by atoms with E-state index in [1.807, 2.05) is 24.5 Å². The van der Waals surface area contributed by atoms with Crippen LogP contribution in [0.5, 0.6) is 0 Å². The van der Waals surface area contributed by atoms with Crippen LogP contribution >= 0.6 is 0 Å². The lowest BCUT2D eigenvalue weighted by Gasteiger charge is -2.09. The maximum Gasteiger partial charge on any atom is 0.112 e. The molecule has 2 aromatic carbocycles. The number of rotatable bonds is 5. The van der Waals surface area contributed by atoms with Crippen molar-refractivity contribution in [2.24, 2.45) is 0 Å². The second-order valence-electron chi connectivity index (χ2n) is 5.25. The Morgan fingerprint density at radius 1 is 0.950 bits per heavy atom. The molecule has 0 aliphatic rings. The molecule has 2 aromatic rings. The molecule has 0 spiro atoms. The fourth-order valence-electron chi connectivity index (χ4n) is 2.48. The van der Waals surface area contributed by atoms with Gasteiger partial charge < -0.3 is 4.74 Å². The highest BCUT2D eigenvalue weighted by molar-refractivity contribution is 5.38. The number of ether oxygens (including phenoxy) is 1. The molecule has 0 amide bonds. The molecule has 0 aliphatic carbocycles. The van der Waals surface area contributed by atoms with Gasteiger partial charge in [0.25, 0.3) is 0 Å². The van der Waals surface area contributed by atoms with Crippen LogP contribution < -0.4 is 0 Å². The molecule has 2 rings (SSSR count). The first-order valence-corrected chi connectivity index (χ1v) is 7.04. The number of aryl methyl sites for hydroxylation is 3. The smallest absolute Gasteiger partial charge is 0.112 e. The molecular weight excluding hydrogens is 244 g/mol. The fraction of sp³-hybridized carbons (Fsp3) is 0.263. The van der Waals surface area contributed by atoms with Crippen LogP contribution in [0.25, 0.3) is 0 Å². The van der Waals surface area contributed by atoms with Crippen LogP contribution in [0.4, 0.5) is 0 Å². The van der Waals surface area contributed by atoms with E-state index in [0.717, 1.165) is 6.42 Å². The zero-order chi connectivity index (χ0) is 14.4. The Morgan fingerprint density at radius 3 is 2.25 bits per heavy atom. The first kappa shape index (κ1) is 14.4. The molecule has 1 nitrogen and oxygen atoms in total. The first-order chi connectivity index (χ1) is 9.66. The molecule has 104 valence electrons. The molecule has 0 saturated carbocycles. The van der Waals surface area contributed by atoms with E-state index in [1.54, 1.807) is 0 Å². The van der Waals surface area contributed by atoms with Gasteiger partial charge in [-0.15, -0.1) is 0 Å². The zero-order valence-electron chi connectivity index (χ0n) is 12.5. The van der Waals surface area contributed by atoms with Gasteiger partial charge >= 0.3 is 0 Å². The van der Waals surface area contributed by atoms with E-state index in [1.165, 1.54) is 27.8 Å².